The predicted molar refractivity (Wildman–Crippen MR) is 70.6 cm³/mol. The summed E-state index contributed by atoms with van der Waals surface area (Å²) < 4.78 is 0. The van der Waals surface area contributed by atoms with Crippen LogP contribution >= 0.6 is 0 Å². The van der Waals surface area contributed by atoms with Crippen LogP contribution in [0.3, 0.4) is 0 Å². The topological polar surface area (TPSA) is 51.2 Å². The summed E-state index contributed by atoms with van der Waals surface area (Å²) in [6, 6.07) is 0. The highest BCUT2D eigenvalue weighted by Gasteiger charge is 2.51. The standard InChI is InChI=1S/C16H22O3/c17-13-3-1-11(2-4-13)12-7-9-16(10-8-12)14(18)5-6-15(16)19/h11-12H,1-10H2. The summed E-state index contributed by atoms with van der Waals surface area (Å²) >= 11 is 0. The minimum Gasteiger partial charge on any atom is -0.300 e. The largest absolute Gasteiger partial charge is 0.300 e. The molecule has 0 amide bonds. The van der Waals surface area contributed by atoms with E-state index in [0.717, 1.165) is 51.4 Å². The number of rotatable bonds is 1. The summed E-state index contributed by atoms with van der Waals surface area (Å²) in [4.78, 5) is 35.3. The molecule has 0 aromatic heterocycles. The van der Waals surface area contributed by atoms with Gasteiger partial charge in [0.1, 0.15) is 17.3 Å². The first-order valence-electron chi connectivity index (χ1n) is 7.70. The lowest BCUT2D eigenvalue weighted by Crippen LogP contribution is -2.38. The van der Waals surface area contributed by atoms with E-state index in [1.165, 1.54) is 0 Å². The number of hydrogen-bond acceptors (Lipinski definition) is 3. The summed E-state index contributed by atoms with van der Waals surface area (Å²) in [6.07, 6.45) is 8.06. The molecule has 3 aliphatic carbocycles. The minimum atomic E-state index is -0.582. The van der Waals surface area contributed by atoms with Crippen molar-refractivity contribution in [3.05, 3.63) is 0 Å². The van der Waals surface area contributed by atoms with Crippen molar-refractivity contribution in [3.8, 4) is 0 Å². The van der Waals surface area contributed by atoms with Crippen molar-refractivity contribution in [2.45, 2.75) is 64.2 Å². The van der Waals surface area contributed by atoms with E-state index in [4.69, 9.17) is 0 Å². The van der Waals surface area contributed by atoms with Gasteiger partial charge in [0.05, 0.1) is 5.41 Å². The summed E-state index contributed by atoms with van der Waals surface area (Å²) in [5.41, 5.74) is -0.582. The van der Waals surface area contributed by atoms with Crippen LogP contribution < -0.4 is 0 Å². The molecule has 3 aliphatic rings. The van der Waals surface area contributed by atoms with E-state index in [-0.39, 0.29) is 11.6 Å². The normalized spacial score (nSPS) is 29.4. The molecule has 0 atom stereocenters. The molecule has 3 nitrogen and oxygen atoms in total. The van der Waals surface area contributed by atoms with Crippen LogP contribution in [-0.2, 0) is 14.4 Å². The molecule has 0 aromatic carbocycles. The van der Waals surface area contributed by atoms with Gasteiger partial charge in [-0.25, -0.2) is 0 Å². The molecular weight excluding hydrogens is 240 g/mol. The molecule has 3 heteroatoms. The van der Waals surface area contributed by atoms with Crippen molar-refractivity contribution in [2.24, 2.45) is 17.3 Å². The highest BCUT2D eigenvalue weighted by molar-refractivity contribution is 6.12. The molecule has 3 rings (SSSR count). The fourth-order valence-corrected chi connectivity index (χ4v) is 4.46. The Hall–Kier alpha value is -0.990. The van der Waals surface area contributed by atoms with Gasteiger partial charge in [-0.2, -0.15) is 0 Å². The van der Waals surface area contributed by atoms with Crippen LogP contribution in [0.15, 0.2) is 0 Å². The quantitative estimate of drug-likeness (QED) is 0.683. The third-order valence-corrected chi connectivity index (χ3v) is 5.79. The van der Waals surface area contributed by atoms with Gasteiger partial charge < -0.3 is 0 Å². The molecule has 0 unspecified atom stereocenters. The van der Waals surface area contributed by atoms with Gasteiger partial charge in [-0.3, -0.25) is 14.4 Å². The van der Waals surface area contributed by atoms with Crippen LogP contribution in [0.1, 0.15) is 64.2 Å². The van der Waals surface area contributed by atoms with E-state index >= 15 is 0 Å². The Kier molecular flexibility index (Phi) is 3.32. The van der Waals surface area contributed by atoms with Crippen molar-refractivity contribution < 1.29 is 14.4 Å². The SMILES string of the molecule is O=C1CCC(C2CCC3(CC2)C(=O)CCC3=O)CC1. The average Bonchev–Trinajstić information content (AvgIpc) is 2.70. The van der Waals surface area contributed by atoms with Crippen LogP contribution in [0.4, 0.5) is 0 Å². The fourth-order valence-electron chi connectivity index (χ4n) is 4.46. The second kappa shape index (κ2) is 4.84. The molecular formula is C16H22O3. The van der Waals surface area contributed by atoms with Crippen LogP contribution in [-0.4, -0.2) is 17.3 Å². The van der Waals surface area contributed by atoms with Crippen molar-refractivity contribution in [2.75, 3.05) is 0 Å². The lowest BCUT2D eigenvalue weighted by atomic mass is 9.64. The molecule has 0 N–H and O–H groups in total. The Labute approximate surface area is 114 Å². The average molecular weight is 262 g/mol. The molecule has 0 saturated heterocycles. The third-order valence-electron chi connectivity index (χ3n) is 5.79. The monoisotopic (exact) mass is 262 g/mol. The van der Waals surface area contributed by atoms with Gasteiger partial charge in [0.2, 0.25) is 0 Å². The second-order valence-electron chi connectivity index (χ2n) is 6.64. The number of carbonyl (C=O) groups is 3. The summed E-state index contributed by atoms with van der Waals surface area (Å²) in [6.45, 7) is 0. The van der Waals surface area contributed by atoms with E-state index in [1.807, 2.05) is 0 Å². The fraction of sp³-hybridized carbons (Fsp3) is 0.812. The maximum absolute atomic E-state index is 12.0. The van der Waals surface area contributed by atoms with Gasteiger partial charge >= 0.3 is 0 Å². The maximum atomic E-state index is 12.0. The minimum absolute atomic E-state index is 0.203. The van der Waals surface area contributed by atoms with Crippen molar-refractivity contribution in [1.82, 2.24) is 0 Å². The van der Waals surface area contributed by atoms with Crippen LogP contribution in [0, 0.1) is 17.3 Å². The molecule has 3 fully saturated rings. The van der Waals surface area contributed by atoms with Gasteiger partial charge in [0.15, 0.2) is 0 Å². The molecule has 0 aromatic rings. The molecule has 0 aliphatic heterocycles. The zero-order chi connectivity index (χ0) is 13.5. The molecule has 19 heavy (non-hydrogen) atoms. The van der Waals surface area contributed by atoms with Gasteiger partial charge in [0, 0.05) is 25.7 Å². The van der Waals surface area contributed by atoms with Gasteiger partial charge in [-0.15, -0.1) is 0 Å². The zero-order valence-electron chi connectivity index (χ0n) is 11.5. The first-order chi connectivity index (χ1) is 9.12. The summed E-state index contributed by atoms with van der Waals surface area (Å²) in [5, 5.41) is 0. The van der Waals surface area contributed by atoms with E-state index < -0.39 is 5.41 Å². The van der Waals surface area contributed by atoms with Gasteiger partial charge in [0.25, 0.3) is 0 Å². The lowest BCUT2D eigenvalue weighted by Gasteiger charge is -2.39. The Morgan fingerprint density at radius 2 is 1.16 bits per heavy atom. The Morgan fingerprint density at radius 3 is 1.68 bits per heavy atom. The van der Waals surface area contributed by atoms with Gasteiger partial charge in [-0.05, 0) is 50.4 Å². The Balaban J connectivity index is 1.62. The zero-order valence-corrected chi connectivity index (χ0v) is 11.5. The molecule has 0 heterocycles. The molecule has 104 valence electrons. The van der Waals surface area contributed by atoms with Crippen LogP contribution in [0.5, 0.6) is 0 Å². The maximum Gasteiger partial charge on any atom is 0.146 e. The van der Waals surface area contributed by atoms with Crippen molar-refractivity contribution in [3.63, 3.8) is 0 Å². The summed E-state index contributed by atoms with van der Waals surface area (Å²) in [5.74, 6) is 2.11. The lowest BCUT2D eigenvalue weighted by molar-refractivity contribution is -0.138. The van der Waals surface area contributed by atoms with E-state index in [2.05, 4.69) is 0 Å². The smallest absolute Gasteiger partial charge is 0.146 e. The first-order valence-corrected chi connectivity index (χ1v) is 7.70. The van der Waals surface area contributed by atoms with E-state index in [9.17, 15) is 14.4 Å². The number of Topliss-reactive ketones (excluding diaryl/α,β-unsaturated/α-hetero) is 3. The van der Waals surface area contributed by atoms with Crippen LogP contribution in [0.25, 0.3) is 0 Å². The van der Waals surface area contributed by atoms with E-state index in [0.29, 0.717) is 30.5 Å². The second-order valence-corrected chi connectivity index (χ2v) is 6.64. The number of ketones is 3. The van der Waals surface area contributed by atoms with Crippen molar-refractivity contribution in [1.29, 1.82) is 0 Å². The van der Waals surface area contributed by atoms with E-state index in [1.54, 1.807) is 0 Å². The molecule has 0 bridgehead atoms. The van der Waals surface area contributed by atoms with Crippen LogP contribution in [0.2, 0.25) is 0 Å². The Morgan fingerprint density at radius 1 is 0.684 bits per heavy atom. The Bertz CT molecular complexity index is 388. The summed E-state index contributed by atoms with van der Waals surface area (Å²) in [7, 11) is 0. The molecule has 1 spiro atoms. The van der Waals surface area contributed by atoms with Gasteiger partial charge in [-0.1, -0.05) is 0 Å². The number of carbonyl (C=O) groups excluding carboxylic acids is 3. The number of hydrogen-bond donors (Lipinski definition) is 0. The molecule has 0 radical (unpaired) electrons. The first kappa shape index (κ1) is 13.0. The highest BCUT2D eigenvalue weighted by atomic mass is 16.2. The van der Waals surface area contributed by atoms with Crippen molar-refractivity contribution >= 4 is 17.3 Å². The highest BCUT2D eigenvalue weighted by Crippen LogP contribution is 2.49. The third kappa shape index (κ3) is 2.17. The molecule has 3 saturated carbocycles. The predicted octanol–water partition coefficient (Wildman–Crippen LogP) is 2.85.